The van der Waals surface area contributed by atoms with Crippen LogP contribution in [0.4, 0.5) is 27.6 Å². The molecule has 276 valence electrons. The number of rotatable bonds is 12. The number of carbonyl (C=O) groups is 2. The second kappa shape index (κ2) is 14.8. The summed E-state index contributed by atoms with van der Waals surface area (Å²) in [5.41, 5.74) is 2.29. The molecule has 1 aliphatic rings. The molecule has 0 radical (unpaired) electrons. The third kappa shape index (κ3) is 8.08. The monoisotopic (exact) mass is 764 g/mol. The third-order valence-electron chi connectivity index (χ3n) is 8.64. The smallest absolute Gasteiger partial charge is 0.335 e. The predicted octanol–water partition coefficient (Wildman–Crippen LogP) is 8.34. The largest absolute Gasteiger partial charge is 0.495 e. The highest BCUT2D eigenvalue weighted by Gasteiger charge is 2.39. The van der Waals surface area contributed by atoms with Crippen LogP contribution in [0, 0.1) is 29.1 Å². The van der Waals surface area contributed by atoms with E-state index in [1.165, 1.54) is 43.5 Å². The van der Waals surface area contributed by atoms with Crippen LogP contribution in [0.5, 0.6) is 5.75 Å². The van der Waals surface area contributed by atoms with Gasteiger partial charge in [-0.05, 0) is 76.8 Å². The summed E-state index contributed by atoms with van der Waals surface area (Å²) in [5, 5.41) is 9.84. The van der Waals surface area contributed by atoms with Gasteiger partial charge in [0.15, 0.2) is 28.2 Å². The van der Waals surface area contributed by atoms with Crippen LogP contribution in [0.1, 0.15) is 72.1 Å². The van der Waals surface area contributed by atoms with Crippen molar-refractivity contribution >= 4 is 39.2 Å². The molecule has 0 aromatic heterocycles. The predicted molar refractivity (Wildman–Crippen MR) is 184 cm³/mol. The van der Waals surface area contributed by atoms with E-state index in [2.05, 4.69) is 6.07 Å². The number of carboxylic acids is 1. The van der Waals surface area contributed by atoms with Gasteiger partial charge in [0, 0.05) is 11.6 Å². The molecule has 5 rings (SSSR count). The summed E-state index contributed by atoms with van der Waals surface area (Å²) in [5.74, 6) is -14.8. The van der Waals surface area contributed by atoms with Gasteiger partial charge in [-0.15, -0.1) is 0 Å². The standard InChI is InChI=1S/C37H34ClF5N2O6S/c1-37(2,3)25-14-21(13-24(15-25)22-7-8-22)18-45(27-12-9-23(36(47)48)16-28(27)51-4)29(46)19-44(17-20-5-10-26(38)11-6-20)52(49,50)35-33(42)31(40)30(39)32(41)34(35)43/h5-6,9-16,22H,7-8,17-19H2,1-4H3,(H,47,48). The van der Waals surface area contributed by atoms with Gasteiger partial charge in [0.2, 0.25) is 21.7 Å². The number of nitrogens with zero attached hydrogens (tertiary/aromatic N) is 2. The van der Waals surface area contributed by atoms with Crippen LogP contribution < -0.4 is 9.64 Å². The fourth-order valence-electron chi connectivity index (χ4n) is 5.61. The molecule has 4 aromatic carbocycles. The summed E-state index contributed by atoms with van der Waals surface area (Å²) in [4.78, 5) is 25.2. The average Bonchev–Trinajstić information content (AvgIpc) is 3.94. The number of hydrogen-bond donors (Lipinski definition) is 1. The molecule has 0 atom stereocenters. The van der Waals surface area contributed by atoms with Crippen molar-refractivity contribution in [2.45, 2.75) is 62.9 Å². The Bertz CT molecular complexity index is 2130. The summed E-state index contributed by atoms with van der Waals surface area (Å²) in [7, 11) is -4.40. The van der Waals surface area contributed by atoms with E-state index in [9.17, 15) is 36.3 Å². The number of carbonyl (C=O) groups excluding carboxylic acids is 1. The topological polar surface area (TPSA) is 104 Å². The SMILES string of the molecule is COc1cc(C(=O)O)ccc1N(Cc1cc(C2CC2)cc(C(C)(C)C)c1)C(=O)CN(Cc1ccc(Cl)cc1)S(=O)(=O)c1c(F)c(F)c(F)c(F)c1F. The van der Waals surface area contributed by atoms with Gasteiger partial charge in [-0.2, -0.15) is 4.31 Å². The number of halogens is 6. The van der Waals surface area contributed by atoms with Gasteiger partial charge in [0.25, 0.3) is 0 Å². The zero-order valence-electron chi connectivity index (χ0n) is 28.4. The molecule has 1 fully saturated rings. The zero-order chi connectivity index (χ0) is 38.3. The van der Waals surface area contributed by atoms with Crippen molar-refractivity contribution in [3.05, 3.63) is 123 Å². The maximum atomic E-state index is 15.0. The van der Waals surface area contributed by atoms with E-state index in [-0.39, 0.29) is 39.5 Å². The van der Waals surface area contributed by atoms with Crippen LogP contribution in [0.3, 0.4) is 0 Å². The highest BCUT2D eigenvalue weighted by atomic mass is 35.5. The number of aromatic carboxylic acids is 1. The van der Waals surface area contributed by atoms with E-state index in [4.69, 9.17) is 16.3 Å². The molecule has 0 aliphatic heterocycles. The molecule has 1 amide bonds. The molecule has 0 unspecified atom stereocenters. The fraction of sp³-hybridized carbons (Fsp3) is 0.297. The maximum absolute atomic E-state index is 15.0. The summed E-state index contributed by atoms with van der Waals surface area (Å²) >= 11 is 5.97. The van der Waals surface area contributed by atoms with E-state index in [1.54, 1.807) is 0 Å². The first kappa shape index (κ1) is 38.7. The van der Waals surface area contributed by atoms with E-state index in [1.807, 2.05) is 32.9 Å². The molecule has 8 nitrogen and oxygen atoms in total. The van der Waals surface area contributed by atoms with Gasteiger partial charge in [-0.25, -0.2) is 35.2 Å². The normalized spacial score (nSPS) is 13.4. The van der Waals surface area contributed by atoms with Crippen molar-refractivity contribution in [2.75, 3.05) is 18.6 Å². The van der Waals surface area contributed by atoms with Crippen LogP contribution in [0.2, 0.25) is 5.02 Å². The molecular weight excluding hydrogens is 731 g/mol. The molecule has 1 N–H and O–H groups in total. The molecule has 0 heterocycles. The Morgan fingerprint density at radius 3 is 1.98 bits per heavy atom. The molecule has 52 heavy (non-hydrogen) atoms. The minimum absolute atomic E-state index is 0.0201. The van der Waals surface area contributed by atoms with Gasteiger partial charge < -0.3 is 14.7 Å². The molecule has 1 saturated carbocycles. The number of benzene rings is 4. The third-order valence-corrected chi connectivity index (χ3v) is 10.7. The first-order chi connectivity index (χ1) is 24.3. The number of ether oxygens (including phenoxy) is 1. The Labute approximate surface area is 302 Å². The van der Waals surface area contributed by atoms with Crippen LogP contribution in [-0.4, -0.2) is 43.4 Å². The van der Waals surface area contributed by atoms with Gasteiger partial charge in [-0.3, -0.25) is 4.79 Å². The van der Waals surface area contributed by atoms with Crippen molar-refractivity contribution in [3.63, 3.8) is 0 Å². The Balaban J connectivity index is 1.66. The van der Waals surface area contributed by atoms with Gasteiger partial charge in [0.05, 0.1) is 31.5 Å². The van der Waals surface area contributed by atoms with Crippen molar-refractivity contribution < 1.29 is 49.8 Å². The first-order valence-corrected chi connectivity index (χ1v) is 17.8. The average molecular weight is 765 g/mol. The molecule has 0 saturated heterocycles. The number of amides is 1. The minimum atomic E-state index is -5.64. The van der Waals surface area contributed by atoms with Crippen molar-refractivity contribution in [3.8, 4) is 5.75 Å². The van der Waals surface area contributed by atoms with Crippen LogP contribution >= 0.6 is 11.6 Å². The highest BCUT2D eigenvalue weighted by molar-refractivity contribution is 7.89. The van der Waals surface area contributed by atoms with Gasteiger partial charge in [-0.1, -0.05) is 62.7 Å². The molecular formula is C37H34ClF5N2O6S. The Kier molecular flexibility index (Phi) is 11.0. The van der Waals surface area contributed by atoms with Gasteiger partial charge >= 0.3 is 5.97 Å². The number of sulfonamides is 1. The second-order valence-corrected chi connectivity index (χ2v) is 15.8. The van der Waals surface area contributed by atoms with Gasteiger partial charge in [0.1, 0.15) is 5.75 Å². The lowest BCUT2D eigenvalue weighted by molar-refractivity contribution is -0.119. The van der Waals surface area contributed by atoms with Crippen molar-refractivity contribution in [1.29, 1.82) is 0 Å². The number of methoxy groups -OCH3 is 1. The highest BCUT2D eigenvalue weighted by Crippen LogP contribution is 2.42. The van der Waals surface area contributed by atoms with Crippen LogP contribution in [-0.2, 0) is 33.3 Å². The molecule has 15 heteroatoms. The minimum Gasteiger partial charge on any atom is -0.495 e. The summed E-state index contributed by atoms with van der Waals surface area (Å²) in [6.45, 7) is 3.92. The maximum Gasteiger partial charge on any atom is 0.335 e. The van der Waals surface area contributed by atoms with Crippen LogP contribution in [0.15, 0.2) is 65.6 Å². The summed E-state index contributed by atoms with van der Waals surface area (Å²) in [6, 6.07) is 15.0. The Hall–Kier alpha value is -4.53. The molecule has 0 spiro atoms. The number of hydrogen-bond acceptors (Lipinski definition) is 5. The lowest BCUT2D eigenvalue weighted by Gasteiger charge is -2.30. The Morgan fingerprint density at radius 1 is 0.846 bits per heavy atom. The van der Waals surface area contributed by atoms with Crippen molar-refractivity contribution in [2.24, 2.45) is 0 Å². The Morgan fingerprint density at radius 2 is 1.44 bits per heavy atom. The second-order valence-electron chi connectivity index (χ2n) is 13.5. The summed E-state index contributed by atoms with van der Waals surface area (Å²) in [6.07, 6.45) is 1.94. The molecule has 4 aromatic rings. The number of anilines is 1. The molecule has 1 aliphatic carbocycles. The van der Waals surface area contributed by atoms with E-state index in [0.29, 0.717) is 15.8 Å². The zero-order valence-corrected chi connectivity index (χ0v) is 30.0. The lowest BCUT2D eigenvalue weighted by Crippen LogP contribution is -2.43. The summed E-state index contributed by atoms with van der Waals surface area (Å²) < 4.78 is 106. The van der Waals surface area contributed by atoms with E-state index < -0.39 is 69.0 Å². The fourth-order valence-corrected chi connectivity index (χ4v) is 7.23. The van der Waals surface area contributed by atoms with E-state index >= 15 is 8.78 Å². The first-order valence-electron chi connectivity index (χ1n) is 16.0. The molecule has 0 bridgehead atoms. The van der Waals surface area contributed by atoms with Crippen molar-refractivity contribution in [1.82, 2.24) is 4.31 Å². The quantitative estimate of drug-likeness (QED) is 0.0884. The number of carboxylic acid groups (broad SMARTS) is 1. The van der Waals surface area contributed by atoms with E-state index in [0.717, 1.165) is 34.9 Å². The van der Waals surface area contributed by atoms with Crippen LogP contribution in [0.25, 0.3) is 0 Å². The lowest BCUT2D eigenvalue weighted by atomic mass is 9.84.